The van der Waals surface area contributed by atoms with Crippen molar-refractivity contribution in [3.05, 3.63) is 35.9 Å². The van der Waals surface area contributed by atoms with Gasteiger partial charge in [-0.2, -0.15) is 0 Å². The molecule has 0 spiro atoms. The van der Waals surface area contributed by atoms with E-state index >= 15 is 0 Å². The van der Waals surface area contributed by atoms with Crippen molar-refractivity contribution in [1.82, 2.24) is 15.5 Å². The molecule has 2 heterocycles. The van der Waals surface area contributed by atoms with Crippen LogP contribution in [0.2, 0.25) is 0 Å². The smallest absolute Gasteiger partial charge is 0.326 e. The minimum atomic E-state index is -1.29. The van der Waals surface area contributed by atoms with Gasteiger partial charge in [-0.15, -0.1) is 0 Å². The summed E-state index contributed by atoms with van der Waals surface area (Å²) in [6.07, 6.45) is 1.42. The van der Waals surface area contributed by atoms with Gasteiger partial charge >= 0.3 is 5.97 Å². The maximum absolute atomic E-state index is 13.2. The maximum atomic E-state index is 13.2. The van der Waals surface area contributed by atoms with Crippen molar-refractivity contribution in [2.45, 2.75) is 64.0 Å². The minimum absolute atomic E-state index is 0.0236. The molecule has 9 nitrogen and oxygen atoms in total. The van der Waals surface area contributed by atoms with Crippen LogP contribution in [-0.4, -0.2) is 58.2 Å². The predicted octanol–water partition coefficient (Wildman–Crippen LogP) is 1.43. The van der Waals surface area contributed by atoms with E-state index in [4.69, 9.17) is 0 Å². The fraction of sp³-hybridized carbons (Fsp3) is 0.542. The van der Waals surface area contributed by atoms with Crippen molar-refractivity contribution in [3.8, 4) is 0 Å². The summed E-state index contributed by atoms with van der Waals surface area (Å²) < 4.78 is 0. The number of rotatable bonds is 9. The van der Waals surface area contributed by atoms with Gasteiger partial charge in [0.25, 0.3) is 0 Å². The molecule has 1 aromatic carbocycles. The van der Waals surface area contributed by atoms with Crippen LogP contribution in [0, 0.1) is 11.8 Å². The number of carboxylic acids is 1. The number of nitrogens with one attached hydrogen (secondary N) is 2. The lowest BCUT2D eigenvalue weighted by Crippen LogP contribution is -2.54. The second-order valence-corrected chi connectivity index (χ2v) is 9.18. The molecule has 4 atom stereocenters. The SMILES string of the molecule is CC(C)C[C@@H](C(=O)N[C@@H](C[C@@H]1CCCNC1=O)C(=O)O)N1C(=O)C[C@H](c2ccccc2)C1=O. The van der Waals surface area contributed by atoms with E-state index in [0.29, 0.717) is 18.5 Å². The molecule has 2 aliphatic rings. The largest absolute Gasteiger partial charge is 0.480 e. The Kier molecular flexibility index (Phi) is 7.84. The third kappa shape index (κ3) is 5.77. The number of aliphatic carboxylic acids is 1. The Bertz CT molecular complexity index is 916. The quantitative estimate of drug-likeness (QED) is 0.481. The first kappa shape index (κ1) is 24.4. The predicted molar refractivity (Wildman–Crippen MR) is 119 cm³/mol. The van der Waals surface area contributed by atoms with Gasteiger partial charge in [0, 0.05) is 18.9 Å². The molecule has 2 fully saturated rings. The Morgan fingerprint density at radius 2 is 1.88 bits per heavy atom. The van der Waals surface area contributed by atoms with Crippen LogP contribution in [0.15, 0.2) is 30.3 Å². The summed E-state index contributed by atoms with van der Waals surface area (Å²) in [6.45, 7) is 4.28. The highest BCUT2D eigenvalue weighted by Crippen LogP contribution is 2.32. The molecule has 3 rings (SSSR count). The van der Waals surface area contributed by atoms with E-state index in [9.17, 15) is 29.1 Å². The number of piperidine rings is 1. The normalized spacial score (nSPS) is 22.8. The fourth-order valence-electron chi connectivity index (χ4n) is 4.53. The Morgan fingerprint density at radius 1 is 1.18 bits per heavy atom. The second kappa shape index (κ2) is 10.6. The number of imide groups is 1. The Balaban J connectivity index is 1.78. The van der Waals surface area contributed by atoms with Crippen LogP contribution in [0.5, 0.6) is 0 Å². The number of carbonyl (C=O) groups excluding carboxylic acids is 4. The highest BCUT2D eigenvalue weighted by Gasteiger charge is 2.46. The van der Waals surface area contributed by atoms with E-state index in [1.54, 1.807) is 24.3 Å². The number of hydrogen-bond donors (Lipinski definition) is 3. The first-order valence-electron chi connectivity index (χ1n) is 11.4. The van der Waals surface area contributed by atoms with Crippen LogP contribution in [-0.2, 0) is 24.0 Å². The topological polar surface area (TPSA) is 133 Å². The maximum Gasteiger partial charge on any atom is 0.326 e. The van der Waals surface area contributed by atoms with E-state index in [2.05, 4.69) is 10.6 Å². The van der Waals surface area contributed by atoms with Gasteiger partial charge in [0.2, 0.25) is 23.6 Å². The van der Waals surface area contributed by atoms with E-state index in [0.717, 1.165) is 11.3 Å². The standard InChI is InChI=1S/C24H31N3O6/c1-14(2)11-19(27-20(28)13-17(23(27)31)15-7-4-3-5-8-15)22(30)26-18(24(32)33)12-16-9-6-10-25-21(16)29/h3-5,7-8,14,16-19H,6,9-13H2,1-2H3,(H,25,29)(H,26,30)(H,32,33)/t16-,17+,18-,19-/m0/s1. The van der Waals surface area contributed by atoms with Crippen LogP contribution in [0.1, 0.15) is 57.4 Å². The molecule has 4 amide bonds. The summed E-state index contributed by atoms with van der Waals surface area (Å²) in [6, 6.07) is 6.52. The van der Waals surface area contributed by atoms with E-state index in [1.165, 1.54) is 0 Å². The highest BCUT2D eigenvalue weighted by molar-refractivity contribution is 6.09. The van der Waals surface area contributed by atoms with E-state index < -0.39 is 47.6 Å². The molecule has 178 valence electrons. The average molecular weight is 458 g/mol. The Labute approximate surface area is 192 Å². The lowest BCUT2D eigenvalue weighted by Gasteiger charge is -2.30. The molecular formula is C24H31N3O6. The van der Waals surface area contributed by atoms with Crippen LogP contribution in [0.3, 0.4) is 0 Å². The monoisotopic (exact) mass is 457 g/mol. The second-order valence-electron chi connectivity index (χ2n) is 9.18. The third-order valence-corrected chi connectivity index (χ3v) is 6.23. The first-order chi connectivity index (χ1) is 15.7. The van der Waals surface area contributed by atoms with Crippen LogP contribution in [0.25, 0.3) is 0 Å². The van der Waals surface area contributed by atoms with Crippen LogP contribution >= 0.6 is 0 Å². The lowest BCUT2D eigenvalue weighted by atomic mass is 9.91. The lowest BCUT2D eigenvalue weighted by molar-refractivity contribution is -0.149. The van der Waals surface area contributed by atoms with Crippen molar-refractivity contribution in [1.29, 1.82) is 0 Å². The molecule has 0 unspecified atom stereocenters. The molecule has 1 aromatic rings. The molecule has 9 heteroatoms. The molecule has 0 aliphatic carbocycles. The summed E-state index contributed by atoms with van der Waals surface area (Å²) in [5.74, 6) is -4.28. The molecule has 33 heavy (non-hydrogen) atoms. The van der Waals surface area contributed by atoms with Gasteiger partial charge in [0.1, 0.15) is 12.1 Å². The zero-order valence-corrected chi connectivity index (χ0v) is 19.0. The molecule has 2 saturated heterocycles. The van der Waals surface area contributed by atoms with E-state index in [-0.39, 0.29) is 31.1 Å². The van der Waals surface area contributed by atoms with Gasteiger partial charge in [-0.3, -0.25) is 24.1 Å². The summed E-state index contributed by atoms with van der Waals surface area (Å²) in [4.78, 5) is 64.1. The van der Waals surface area contributed by atoms with Gasteiger partial charge in [-0.25, -0.2) is 4.79 Å². The summed E-state index contributed by atoms with van der Waals surface area (Å²) in [5, 5.41) is 14.9. The van der Waals surface area contributed by atoms with Gasteiger partial charge in [0.05, 0.1) is 5.92 Å². The van der Waals surface area contributed by atoms with Crippen molar-refractivity contribution < 1.29 is 29.1 Å². The molecular weight excluding hydrogens is 426 g/mol. The zero-order valence-electron chi connectivity index (χ0n) is 19.0. The highest BCUT2D eigenvalue weighted by atomic mass is 16.4. The van der Waals surface area contributed by atoms with E-state index in [1.807, 2.05) is 19.9 Å². The molecule has 0 radical (unpaired) electrons. The van der Waals surface area contributed by atoms with Crippen molar-refractivity contribution >= 4 is 29.6 Å². The molecule has 0 saturated carbocycles. The number of hydrogen-bond acceptors (Lipinski definition) is 5. The number of carboxylic acid groups (broad SMARTS) is 1. The van der Waals surface area contributed by atoms with Gasteiger partial charge in [-0.1, -0.05) is 44.2 Å². The molecule has 0 bridgehead atoms. The van der Waals surface area contributed by atoms with Crippen molar-refractivity contribution in [2.75, 3.05) is 6.54 Å². The summed E-state index contributed by atoms with van der Waals surface area (Å²) >= 11 is 0. The Morgan fingerprint density at radius 3 is 2.48 bits per heavy atom. The number of amides is 4. The van der Waals surface area contributed by atoms with Crippen molar-refractivity contribution in [2.24, 2.45) is 11.8 Å². The summed E-state index contributed by atoms with van der Waals surface area (Å²) in [7, 11) is 0. The average Bonchev–Trinajstić information content (AvgIpc) is 3.07. The summed E-state index contributed by atoms with van der Waals surface area (Å²) in [5.41, 5.74) is 0.703. The van der Waals surface area contributed by atoms with Gasteiger partial charge in [-0.05, 0) is 37.2 Å². The molecule has 0 aromatic heterocycles. The van der Waals surface area contributed by atoms with Gasteiger partial charge in [0.15, 0.2) is 0 Å². The van der Waals surface area contributed by atoms with Gasteiger partial charge < -0.3 is 15.7 Å². The number of benzene rings is 1. The minimum Gasteiger partial charge on any atom is -0.480 e. The molecule has 2 aliphatic heterocycles. The van der Waals surface area contributed by atoms with Crippen molar-refractivity contribution in [3.63, 3.8) is 0 Å². The fourth-order valence-corrected chi connectivity index (χ4v) is 4.53. The molecule has 3 N–H and O–H groups in total. The first-order valence-corrected chi connectivity index (χ1v) is 11.4. The Hall–Kier alpha value is -3.23. The number of nitrogens with zero attached hydrogens (tertiary/aromatic N) is 1. The van der Waals surface area contributed by atoms with Crippen LogP contribution < -0.4 is 10.6 Å². The zero-order chi connectivity index (χ0) is 24.1. The third-order valence-electron chi connectivity index (χ3n) is 6.23. The van der Waals surface area contributed by atoms with Crippen LogP contribution in [0.4, 0.5) is 0 Å². The number of likely N-dealkylation sites (tertiary alicyclic amines) is 1. The number of carbonyl (C=O) groups is 5.